The number of anilines is 1. The molecule has 126 valence electrons. The molecule has 0 atom stereocenters. The molecule has 0 saturated carbocycles. The van der Waals surface area contributed by atoms with Crippen LogP contribution in [0.3, 0.4) is 0 Å². The van der Waals surface area contributed by atoms with Crippen LogP contribution < -0.4 is 4.90 Å². The van der Waals surface area contributed by atoms with E-state index in [4.69, 9.17) is 0 Å². The molecule has 0 bridgehead atoms. The van der Waals surface area contributed by atoms with Gasteiger partial charge in [-0.15, -0.1) is 0 Å². The van der Waals surface area contributed by atoms with Gasteiger partial charge in [0.1, 0.15) is 11.6 Å². The van der Waals surface area contributed by atoms with Gasteiger partial charge in [0.25, 0.3) is 0 Å². The van der Waals surface area contributed by atoms with E-state index in [0.717, 1.165) is 57.3 Å². The molecule has 0 spiro atoms. The summed E-state index contributed by atoms with van der Waals surface area (Å²) in [4.78, 5) is 15.9. The van der Waals surface area contributed by atoms with Crippen LogP contribution in [0.25, 0.3) is 0 Å². The van der Waals surface area contributed by atoms with Gasteiger partial charge in [-0.3, -0.25) is 9.80 Å². The Labute approximate surface area is 141 Å². The number of rotatable bonds is 4. The van der Waals surface area contributed by atoms with Crippen LogP contribution in [0, 0.1) is 5.82 Å². The lowest BCUT2D eigenvalue weighted by atomic mass is 10.1. The third-order valence-corrected chi connectivity index (χ3v) is 4.94. The molecule has 2 aliphatic rings. The van der Waals surface area contributed by atoms with Gasteiger partial charge in [0, 0.05) is 63.4 Å². The highest BCUT2D eigenvalue weighted by atomic mass is 19.1. The fourth-order valence-electron chi connectivity index (χ4n) is 3.51. The topological polar surface area (TPSA) is 35.5 Å². The van der Waals surface area contributed by atoms with Gasteiger partial charge >= 0.3 is 0 Å². The zero-order valence-corrected chi connectivity index (χ0v) is 13.7. The van der Waals surface area contributed by atoms with Gasteiger partial charge in [-0.2, -0.15) is 0 Å². The second-order valence-corrected chi connectivity index (χ2v) is 6.51. The second-order valence-electron chi connectivity index (χ2n) is 6.51. The van der Waals surface area contributed by atoms with E-state index in [1.165, 1.54) is 12.1 Å². The van der Waals surface area contributed by atoms with Crippen LogP contribution in [0.15, 0.2) is 42.7 Å². The minimum atomic E-state index is -0.172. The Morgan fingerprint density at radius 3 is 2.29 bits per heavy atom. The maximum Gasteiger partial charge on any atom is 0.142 e. The lowest BCUT2D eigenvalue weighted by Gasteiger charge is -2.48. The van der Waals surface area contributed by atoms with E-state index in [-0.39, 0.29) is 5.82 Å². The highest BCUT2D eigenvalue weighted by Gasteiger charge is 2.33. The summed E-state index contributed by atoms with van der Waals surface area (Å²) < 4.78 is 13.0. The van der Waals surface area contributed by atoms with Gasteiger partial charge < -0.3 is 4.90 Å². The molecule has 0 amide bonds. The molecule has 0 aliphatic carbocycles. The van der Waals surface area contributed by atoms with Crippen LogP contribution in [0.2, 0.25) is 0 Å². The second kappa shape index (κ2) is 6.83. The number of aromatic nitrogens is 2. The molecule has 0 unspecified atom stereocenters. The first kappa shape index (κ1) is 15.5. The van der Waals surface area contributed by atoms with Gasteiger partial charge in [0.15, 0.2) is 0 Å². The third-order valence-electron chi connectivity index (χ3n) is 4.94. The van der Waals surface area contributed by atoms with Gasteiger partial charge in [0.2, 0.25) is 0 Å². The minimum absolute atomic E-state index is 0.172. The first-order valence-electron chi connectivity index (χ1n) is 8.51. The molecule has 2 saturated heterocycles. The monoisotopic (exact) mass is 327 g/mol. The van der Waals surface area contributed by atoms with E-state index in [9.17, 15) is 4.39 Å². The molecule has 6 heteroatoms. The maximum atomic E-state index is 13.0. The van der Waals surface area contributed by atoms with Gasteiger partial charge in [-0.1, -0.05) is 0 Å². The Balaban J connectivity index is 1.23. The average Bonchev–Trinajstić information content (AvgIpc) is 2.60. The summed E-state index contributed by atoms with van der Waals surface area (Å²) in [6.07, 6.45) is 3.60. The Kier molecular flexibility index (Phi) is 4.40. The molecular formula is C18H22FN5. The quantitative estimate of drug-likeness (QED) is 0.853. The predicted octanol–water partition coefficient (Wildman–Crippen LogP) is 1.62. The molecule has 3 heterocycles. The lowest BCUT2D eigenvalue weighted by Crippen LogP contribution is -2.62. The molecule has 0 radical (unpaired) electrons. The first-order chi connectivity index (χ1) is 11.8. The van der Waals surface area contributed by atoms with Crippen molar-refractivity contribution in [1.82, 2.24) is 19.8 Å². The fraction of sp³-hybridized carbons (Fsp3) is 0.444. The van der Waals surface area contributed by atoms with E-state index in [2.05, 4.69) is 24.7 Å². The van der Waals surface area contributed by atoms with Crippen molar-refractivity contribution >= 4 is 5.69 Å². The van der Waals surface area contributed by atoms with Gasteiger partial charge in [-0.25, -0.2) is 14.4 Å². The Bertz CT molecular complexity index is 649. The number of hydrogen-bond donors (Lipinski definition) is 0. The summed E-state index contributed by atoms with van der Waals surface area (Å²) in [5, 5.41) is 0. The van der Waals surface area contributed by atoms with E-state index in [0.29, 0.717) is 6.04 Å². The molecule has 2 aromatic rings. The number of likely N-dealkylation sites (tertiary alicyclic amines) is 1. The number of hydrogen-bond acceptors (Lipinski definition) is 5. The molecule has 1 aromatic carbocycles. The van der Waals surface area contributed by atoms with Crippen LogP contribution in [-0.2, 0) is 6.54 Å². The van der Waals surface area contributed by atoms with Crippen molar-refractivity contribution in [2.75, 3.05) is 44.2 Å². The van der Waals surface area contributed by atoms with Crippen LogP contribution in [-0.4, -0.2) is 65.1 Å². The largest absolute Gasteiger partial charge is 0.369 e. The molecule has 24 heavy (non-hydrogen) atoms. The first-order valence-corrected chi connectivity index (χ1v) is 8.51. The smallest absolute Gasteiger partial charge is 0.142 e. The van der Waals surface area contributed by atoms with Gasteiger partial charge in [0.05, 0.1) is 6.54 Å². The van der Waals surface area contributed by atoms with Crippen molar-refractivity contribution in [3.63, 3.8) is 0 Å². The zero-order chi connectivity index (χ0) is 16.4. The number of nitrogens with zero attached hydrogens (tertiary/aromatic N) is 5. The Hall–Kier alpha value is -2.05. The predicted molar refractivity (Wildman–Crippen MR) is 91.3 cm³/mol. The summed E-state index contributed by atoms with van der Waals surface area (Å²) in [5.41, 5.74) is 1.12. The highest BCUT2D eigenvalue weighted by Crippen LogP contribution is 2.21. The fourth-order valence-corrected chi connectivity index (χ4v) is 3.51. The third kappa shape index (κ3) is 3.39. The van der Waals surface area contributed by atoms with Crippen LogP contribution >= 0.6 is 0 Å². The summed E-state index contributed by atoms with van der Waals surface area (Å²) in [7, 11) is 0. The molecular weight excluding hydrogens is 305 g/mol. The molecule has 2 fully saturated rings. The molecule has 5 nitrogen and oxygen atoms in total. The van der Waals surface area contributed by atoms with Gasteiger partial charge in [-0.05, 0) is 30.3 Å². The Morgan fingerprint density at radius 2 is 1.62 bits per heavy atom. The van der Waals surface area contributed by atoms with Crippen molar-refractivity contribution in [3.8, 4) is 0 Å². The zero-order valence-electron chi connectivity index (χ0n) is 13.7. The Morgan fingerprint density at radius 1 is 0.958 bits per heavy atom. The summed E-state index contributed by atoms with van der Waals surface area (Å²) in [6.45, 7) is 7.17. The summed E-state index contributed by atoms with van der Waals surface area (Å²) in [5.74, 6) is 0.728. The minimum Gasteiger partial charge on any atom is -0.369 e. The van der Waals surface area contributed by atoms with Crippen molar-refractivity contribution in [1.29, 1.82) is 0 Å². The molecule has 4 rings (SSSR count). The SMILES string of the molecule is Fc1ccc(N2CCN(C3CN(Cc4ncccn4)C3)CC2)cc1. The summed E-state index contributed by atoms with van der Waals surface area (Å²) >= 11 is 0. The molecule has 2 aliphatic heterocycles. The lowest BCUT2D eigenvalue weighted by molar-refractivity contribution is 0.0240. The summed E-state index contributed by atoms with van der Waals surface area (Å²) in [6, 6.07) is 9.31. The van der Waals surface area contributed by atoms with Crippen LogP contribution in [0.1, 0.15) is 5.82 Å². The van der Waals surface area contributed by atoms with Crippen LogP contribution in [0.5, 0.6) is 0 Å². The van der Waals surface area contributed by atoms with Crippen LogP contribution in [0.4, 0.5) is 10.1 Å². The van der Waals surface area contributed by atoms with Crippen molar-refractivity contribution < 1.29 is 4.39 Å². The number of piperazine rings is 1. The standard InChI is InChI=1S/C18H22FN5/c19-15-2-4-16(5-3-15)23-8-10-24(11-9-23)17-12-22(13-17)14-18-20-6-1-7-21-18/h1-7,17H,8-14H2. The normalized spacial score (nSPS) is 20.1. The van der Waals surface area contributed by atoms with Crippen molar-refractivity contribution in [2.45, 2.75) is 12.6 Å². The molecule has 1 aromatic heterocycles. The maximum absolute atomic E-state index is 13.0. The van der Waals surface area contributed by atoms with E-state index in [1.54, 1.807) is 12.4 Å². The van der Waals surface area contributed by atoms with Crippen molar-refractivity contribution in [3.05, 3.63) is 54.4 Å². The highest BCUT2D eigenvalue weighted by molar-refractivity contribution is 5.46. The van der Waals surface area contributed by atoms with E-state index >= 15 is 0 Å². The van der Waals surface area contributed by atoms with E-state index in [1.807, 2.05) is 18.2 Å². The molecule has 0 N–H and O–H groups in total. The average molecular weight is 327 g/mol. The van der Waals surface area contributed by atoms with E-state index < -0.39 is 0 Å². The number of benzene rings is 1. The number of halogens is 1. The van der Waals surface area contributed by atoms with Crippen molar-refractivity contribution in [2.24, 2.45) is 0 Å².